The molecule has 3 aliphatic heterocycles. The van der Waals surface area contributed by atoms with Crippen LogP contribution in [0.4, 0.5) is 5.69 Å². The van der Waals surface area contributed by atoms with Crippen molar-refractivity contribution in [2.45, 2.75) is 32.1 Å². The van der Waals surface area contributed by atoms with E-state index in [-0.39, 0.29) is 11.8 Å². The molecule has 0 saturated carbocycles. The lowest BCUT2D eigenvalue weighted by molar-refractivity contribution is -0.117. The Hall–Kier alpha value is -2.62. The summed E-state index contributed by atoms with van der Waals surface area (Å²) in [4.78, 5) is 29.0. The highest BCUT2D eigenvalue weighted by atomic mass is 16.2. The van der Waals surface area contributed by atoms with Gasteiger partial charge in [-0.1, -0.05) is 30.3 Å². The first kappa shape index (κ1) is 16.5. The van der Waals surface area contributed by atoms with E-state index in [0.717, 1.165) is 62.1 Å². The molecular formula is C23H24N2O2. The maximum Gasteiger partial charge on any atom is 0.253 e. The molecule has 3 heterocycles. The largest absolute Gasteiger partial charge is 0.339 e. The first-order chi connectivity index (χ1) is 13.2. The number of benzene rings is 2. The molecule has 0 radical (unpaired) electrons. The minimum atomic E-state index is 0.130. The molecule has 2 aromatic carbocycles. The van der Waals surface area contributed by atoms with Crippen LogP contribution in [0.3, 0.4) is 0 Å². The van der Waals surface area contributed by atoms with Crippen molar-refractivity contribution in [3.05, 3.63) is 64.7 Å². The minimum absolute atomic E-state index is 0.130. The predicted molar refractivity (Wildman–Crippen MR) is 105 cm³/mol. The van der Waals surface area contributed by atoms with Gasteiger partial charge in [-0.3, -0.25) is 9.59 Å². The maximum absolute atomic E-state index is 13.1. The van der Waals surface area contributed by atoms with Gasteiger partial charge in [0.15, 0.2) is 0 Å². The van der Waals surface area contributed by atoms with Crippen LogP contribution in [0.2, 0.25) is 0 Å². The fourth-order valence-corrected chi connectivity index (χ4v) is 4.88. The molecule has 2 aromatic rings. The van der Waals surface area contributed by atoms with Crippen molar-refractivity contribution in [2.75, 3.05) is 24.5 Å². The zero-order valence-electron chi connectivity index (χ0n) is 15.5. The fourth-order valence-electron chi connectivity index (χ4n) is 4.88. The lowest BCUT2D eigenvalue weighted by Crippen LogP contribution is -2.39. The Morgan fingerprint density at radius 1 is 1.00 bits per heavy atom. The van der Waals surface area contributed by atoms with E-state index >= 15 is 0 Å². The lowest BCUT2D eigenvalue weighted by atomic mass is 9.90. The zero-order valence-corrected chi connectivity index (χ0v) is 15.5. The van der Waals surface area contributed by atoms with Crippen LogP contribution in [-0.4, -0.2) is 36.3 Å². The monoisotopic (exact) mass is 360 g/mol. The maximum atomic E-state index is 13.1. The van der Waals surface area contributed by atoms with E-state index in [4.69, 9.17) is 0 Å². The van der Waals surface area contributed by atoms with E-state index in [1.54, 1.807) is 0 Å². The van der Waals surface area contributed by atoms with Crippen molar-refractivity contribution >= 4 is 17.5 Å². The highest BCUT2D eigenvalue weighted by molar-refractivity contribution is 6.05. The number of carbonyl (C=O) groups is 2. The van der Waals surface area contributed by atoms with E-state index in [0.29, 0.717) is 12.3 Å². The summed E-state index contributed by atoms with van der Waals surface area (Å²) in [5, 5.41) is 0. The van der Waals surface area contributed by atoms with E-state index < -0.39 is 0 Å². The standard InChI is InChI=1S/C23H24N2O2/c26-21-15-19-14-20(13-18-8-11-25(21)22(18)19)23(27)24-9-6-17(7-10-24)12-16-4-2-1-3-5-16/h1-5,13-14,17H,6-12,15H2. The van der Waals surface area contributed by atoms with Gasteiger partial charge < -0.3 is 9.80 Å². The first-order valence-corrected chi connectivity index (χ1v) is 9.98. The molecule has 4 heteroatoms. The van der Waals surface area contributed by atoms with Crippen LogP contribution in [0.1, 0.15) is 39.9 Å². The molecule has 2 amide bonds. The molecule has 138 valence electrons. The molecule has 4 nitrogen and oxygen atoms in total. The molecule has 0 aromatic heterocycles. The number of amides is 2. The molecule has 5 rings (SSSR count). The Morgan fingerprint density at radius 3 is 2.52 bits per heavy atom. The second kappa shape index (κ2) is 6.52. The molecule has 27 heavy (non-hydrogen) atoms. The van der Waals surface area contributed by atoms with Gasteiger partial charge in [0.2, 0.25) is 5.91 Å². The molecule has 0 atom stereocenters. The summed E-state index contributed by atoms with van der Waals surface area (Å²) in [5.41, 5.74) is 5.44. The summed E-state index contributed by atoms with van der Waals surface area (Å²) in [6.07, 6.45) is 4.54. The number of hydrogen-bond donors (Lipinski definition) is 0. The molecule has 3 aliphatic rings. The molecule has 0 N–H and O–H groups in total. The molecule has 1 saturated heterocycles. The Balaban J connectivity index is 1.27. The van der Waals surface area contributed by atoms with Crippen LogP contribution in [-0.2, 0) is 24.1 Å². The van der Waals surface area contributed by atoms with Crippen molar-refractivity contribution in [1.29, 1.82) is 0 Å². The van der Waals surface area contributed by atoms with Gasteiger partial charge in [0.25, 0.3) is 5.91 Å². The van der Waals surface area contributed by atoms with Crippen molar-refractivity contribution in [1.82, 2.24) is 4.90 Å². The smallest absolute Gasteiger partial charge is 0.253 e. The molecule has 0 spiro atoms. The third-order valence-electron chi connectivity index (χ3n) is 6.30. The quantitative estimate of drug-likeness (QED) is 0.843. The summed E-state index contributed by atoms with van der Waals surface area (Å²) in [6, 6.07) is 14.6. The number of piperidine rings is 1. The lowest BCUT2D eigenvalue weighted by Gasteiger charge is -2.32. The number of rotatable bonds is 3. The molecule has 1 fully saturated rings. The van der Waals surface area contributed by atoms with Crippen LogP contribution < -0.4 is 4.90 Å². The highest BCUT2D eigenvalue weighted by Gasteiger charge is 2.35. The van der Waals surface area contributed by atoms with E-state index in [9.17, 15) is 9.59 Å². The molecular weight excluding hydrogens is 336 g/mol. The van der Waals surface area contributed by atoms with E-state index in [1.165, 1.54) is 11.1 Å². The average Bonchev–Trinajstić information content (AvgIpc) is 3.27. The van der Waals surface area contributed by atoms with Gasteiger partial charge in [-0.15, -0.1) is 0 Å². The third-order valence-corrected chi connectivity index (χ3v) is 6.30. The molecule has 0 aliphatic carbocycles. The number of carbonyl (C=O) groups excluding carboxylic acids is 2. The number of likely N-dealkylation sites (tertiary alicyclic amines) is 1. The number of nitrogens with zero attached hydrogens (tertiary/aromatic N) is 2. The summed E-state index contributed by atoms with van der Waals surface area (Å²) < 4.78 is 0. The summed E-state index contributed by atoms with van der Waals surface area (Å²) >= 11 is 0. The van der Waals surface area contributed by atoms with Gasteiger partial charge >= 0.3 is 0 Å². The van der Waals surface area contributed by atoms with Gasteiger partial charge in [-0.2, -0.15) is 0 Å². The third kappa shape index (κ3) is 2.93. The van der Waals surface area contributed by atoms with Crippen LogP contribution in [0.25, 0.3) is 0 Å². The first-order valence-electron chi connectivity index (χ1n) is 9.98. The zero-order chi connectivity index (χ0) is 18.4. The van der Waals surface area contributed by atoms with Crippen molar-refractivity contribution in [2.24, 2.45) is 5.92 Å². The van der Waals surface area contributed by atoms with Crippen molar-refractivity contribution in [3.63, 3.8) is 0 Å². The van der Waals surface area contributed by atoms with E-state index in [1.807, 2.05) is 21.9 Å². The summed E-state index contributed by atoms with van der Waals surface area (Å²) in [7, 11) is 0. The summed E-state index contributed by atoms with van der Waals surface area (Å²) in [5.74, 6) is 0.959. The minimum Gasteiger partial charge on any atom is -0.339 e. The number of hydrogen-bond acceptors (Lipinski definition) is 2. The van der Waals surface area contributed by atoms with Crippen LogP contribution >= 0.6 is 0 Å². The average molecular weight is 360 g/mol. The Morgan fingerprint density at radius 2 is 1.74 bits per heavy atom. The van der Waals surface area contributed by atoms with Gasteiger partial charge in [-0.25, -0.2) is 0 Å². The SMILES string of the molecule is O=C(c1cc2c3c(c1)CC(=O)N3CC2)N1CCC(Cc2ccccc2)CC1. The van der Waals surface area contributed by atoms with E-state index in [2.05, 4.69) is 30.3 Å². The Kier molecular flexibility index (Phi) is 4.00. The highest BCUT2D eigenvalue weighted by Crippen LogP contribution is 2.38. The molecule has 0 bridgehead atoms. The van der Waals surface area contributed by atoms with Gasteiger partial charge in [0.05, 0.1) is 12.1 Å². The number of anilines is 1. The Labute approximate surface area is 159 Å². The van der Waals surface area contributed by atoms with Crippen molar-refractivity contribution < 1.29 is 9.59 Å². The predicted octanol–water partition coefficient (Wildman–Crippen LogP) is 3.23. The van der Waals surface area contributed by atoms with Gasteiger partial charge in [0, 0.05) is 25.2 Å². The topological polar surface area (TPSA) is 40.6 Å². The van der Waals surface area contributed by atoms with Crippen LogP contribution in [0, 0.1) is 5.92 Å². The van der Waals surface area contributed by atoms with Crippen LogP contribution in [0.15, 0.2) is 42.5 Å². The Bertz CT molecular complexity index is 898. The second-order valence-corrected chi connectivity index (χ2v) is 8.04. The van der Waals surface area contributed by atoms with Crippen molar-refractivity contribution in [3.8, 4) is 0 Å². The fraction of sp³-hybridized carbons (Fsp3) is 0.391. The van der Waals surface area contributed by atoms with Gasteiger partial charge in [-0.05, 0) is 60.4 Å². The summed E-state index contributed by atoms with van der Waals surface area (Å²) in [6.45, 7) is 2.42. The van der Waals surface area contributed by atoms with Gasteiger partial charge in [0.1, 0.15) is 0 Å². The van der Waals surface area contributed by atoms with Crippen LogP contribution in [0.5, 0.6) is 0 Å². The second-order valence-electron chi connectivity index (χ2n) is 8.04. The molecule has 0 unspecified atom stereocenters. The normalized spacial score (nSPS) is 18.9.